The summed E-state index contributed by atoms with van der Waals surface area (Å²) in [7, 11) is 0. The van der Waals surface area contributed by atoms with Crippen molar-refractivity contribution in [3.05, 3.63) is 21.3 Å². The molecule has 0 bridgehead atoms. The molecule has 0 spiro atoms. The summed E-state index contributed by atoms with van der Waals surface area (Å²) >= 11 is 9.29. The Morgan fingerprint density at radius 2 is 2.21 bits per heavy atom. The number of aromatic nitrogens is 1. The van der Waals surface area contributed by atoms with Gasteiger partial charge in [-0.3, -0.25) is 4.79 Å². The molecule has 1 aliphatic heterocycles. The molecule has 2 heterocycles. The van der Waals surface area contributed by atoms with E-state index < -0.39 is 5.41 Å². The van der Waals surface area contributed by atoms with Crippen LogP contribution in [0.4, 0.5) is 5.82 Å². The summed E-state index contributed by atoms with van der Waals surface area (Å²) in [4.78, 5) is 15.7. The van der Waals surface area contributed by atoms with Gasteiger partial charge in [-0.05, 0) is 29.8 Å². The molecule has 1 aromatic heterocycles. The minimum absolute atomic E-state index is 0.0528. The maximum atomic E-state index is 11.6. The summed E-state index contributed by atoms with van der Waals surface area (Å²) in [6.45, 7) is 3.69. The monoisotopic (exact) mass is 274 g/mol. The van der Waals surface area contributed by atoms with E-state index in [1.54, 1.807) is 0 Å². The van der Waals surface area contributed by atoms with Crippen LogP contribution in [0.15, 0.2) is 10.7 Å². The van der Waals surface area contributed by atoms with Gasteiger partial charge in [0.1, 0.15) is 5.82 Å². The van der Waals surface area contributed by atoms with Crippen LogP contribution in [0.2, 0.25) is 5.02 Å². The first-order valence-corrected chi connectivity index (χ1v) is 5.27. The molecule has 0 aromatic carbocycles. The third kappa shape index (κ3) is 1.17. The van der Waals surface area contributed by atoms with Crippen LogP contribution in [0.1, 0.15) is 19.4 Å². The largest absolute Gasteiger partial charge is 0.310 e. The second-order valence-corrected chi connectivity index (χ2v) is 4.92. The van der Waals surface area contributed by atoms with Crippen LogP contribution in [0.25, 0.3) is 0 Å². The first-order chi connectivity index (χ1) is 6.44. The number of nitrogens with one attached hydrogen (secondary N) is 1. The van der Waals surface area contributed by atoms with Crippen molar-refractivity contribution in [3.63, 3.8) is 0 Å². The standard InChI is InChI=1S/C9H8BrClN2O/c1-9(2)5-6(10)4(11)3-12-7(5)13-8(9)14/h3H,1-2H3,(H,12,13,14). The Balaban J connectivity index is 2.74. The van der Waals surface area contributed by atoms with Crippen LogP contribution in [0.3, 0.4) is 0 Å². The van der Waals surface area contributed by atoms with Crippen molar-refractivity contribution in [1.29, 1.82) is 0 Å². The van der Waals surface area contributed by atoms with E-state index >= 15 is 0 Å². The number of nitrogens with zero attached hydrogens (tertiary/aromatic N) is 1. The lowest BCUT2D eigenvalue weighted by Crippen LogP contribution is -2.27. The van der Waals surface area contributed by atoms with E-state index in [4.69, 9.17) is 11.6 Å². The zero-order chi connectivity index (χ0) is 10.5. The molecule has 3 nitrogen and oxygen atoms in total. The second-order valence-electron chi connectivity index (χ2n) is 3.72. The molecule has 0 unspecified atom stereocenters. The van der Waals surface area contributed by atoms with Crippen molar-refractivity contribution in [2.75, 3.05) is 5.32 Å². The van der Waals surface area contributed by atoms with Gasteiger partial charge in [0.25, 0.3) is 0 Å². The van der Waals surface area contributed by atoms with E-state index in [-0.39, 0.29) is 5.91 Å². The summed E-state index contributed by atoms with van der Waals surface area (Å²) < 4.78 is 0.743. The number of pyridine rings is 1. The normalized spacial score (nSPS) is 17.9. The van der Waals surface area contributed by atoms with Crippen molar-refractivity contribution < 1.29 is 4.79 Å². The van der Waals surface area contributed by atoms with Gasteiger partial charge in [0.15, 0.2) is 0 Å². The fourth-order valence-corrected chi connectivity index (χ4v) is 2.44. The smallest absolute Gasteiger partial charge is 0.235 e. The Labute approximate surface area is 95.0 Å². The number of carbonyl (C=O) groups is 1. The predicted molar refractivity (Wildman–Crippen MR) is 58.6 cm³/mol. The van der Waals surface area contributed by atoms with E-state index in [1.165, 1.54) is 6.20 Å². The highest BCUT2D eigenvalue weighted by molar-refractivity contribution is 9.10. The first kappa shape index (κ1) is 9.93. The lowest BCUT2D eigenvalue weighted by atomic mass is 9.87. The number of fused-ring (bicyclic) bond motifs is 1. The van der Waals surface area contributed by atoms with Gasteiger partial charge in [0.05, 0.1) is 10.4 Å². The number of hydrogen-bond donors (Lipinski definition) is 1. The Hall–Kier alpha value is -0.610. The topological polar surface area (TPSA) is 42.0 Å². The van der Waals surface area contributed by atoms with E-state index in [0.29, 0.717) is 10.8 Å². The van der Waals surface area contributed by atoms with Gasteiger partial charge in [-0.15, -0.1) is 0 Å². The number of halogens is 2. The Bertz CT molecular complexity index is 431. The fraction of sp³-hybridized carbons (Fsp3) is 0.333. The molecule has 0 aliphatic carbocycles. The molecule has 0 saturated heterocycles. The number of carbonyl (C=O) groups excluding carboxylic acids is 1. The van der Waals surface area contributed by atoms with E-state index in [1.807, 2.05) is 13.8 Å². The predicted octanol–water partition coefficient (Wildman–Crippen LogP) is 2.73. The molecular weight excluding hydrogens is 267 g/mol. The quantitative estimate of drug-likeness (QED) is 0.791. The minimum Gasteiger partial charge on any atom is -0.310 e. The molecule has 14 heavy (non-hydrogen) atoms. The molecule has 0 atom stereocenters. The van der Waals surface area contributed by atoms with Gasteiger partial charge in [-0.1, -0.05) is 11.6 Å². The van der Waals surface area contributed by atoms with Gasteiger partial charge in [-0.25, -0.2) is 4.98 Å². The highest BCUT2D eigenvalue weighted by atomic mass is 79.9. The van der Waals surface area contributed by atoms with Crippen LogP contribution >= 0.6 is 27.5 Å². The molecule has 74 valence electrons. The van der Waals surface area contributed by atoms with E-state index in [9.17, 15) is 4.79 Å². The molecule has 0 saturated carbocycles. The SMILES string of the molecule is CC1(C)C(=O)Nc2ncc(Cl)c(Br)c21. The van der Waals surface area contributed by atoms with Gasteiger partial charge in [0.2, 0.25) is 5.91 Å². The fourth-order valence-electron chi connectivity index (χ4n) is 1.51. The van der Waals surface area contributed by atoms with Gasteiger partial charge in [0, 0.05) is 16.2 Å². The van der Waals surface area contributed by atoms with E-state index in [2.05, 4.69) is 26.2 Å². The molecular formula is C9H8BrClN2O. The third-order valence-electron chi connectivity index (χ3n) is 2.40. The molecule has 5 heteroatoms. The van der Waals surface area contributed by atoms with Crippen LogP contribution in [0, 0.1) is 0 Å². The zero-order valence-electron chi connectivity index (χ0n) is 7.69. The van der Waals surface area contributed by atoms with Crippen LogP contribution < -0.4 is 5.32 Å². The average molecular weight is 276 g/mol. The summed E-state index contributed by atoms with van der Waals surface area (Å²) in [5.74, 6) is 0.541. The lowest BCUT2D eigenvalue weighted by Gasteiger charge is -2.16. The highest BCUT2D eigenvalue weighted by Crippen LogP contribution is 2.43. The van der Waals surface area contributed by atoms with Crippen molar-refractivity contribution in [2.45, 2.75) is 19.3 Å². The van der Waals surface area contributed by atoms with Crippen LogP contribution in [0.5, 0.6) is 0 Å². The molecule has 1 aliphatic rings. The molecule has 1 N–H and O–H groups in total. The van der Waals surface area contributed by atoms with Crippen molar-refractivity contribution in [3.8, 4) is 0 Å². The number of rotatable bonds is 0. The van der Waals surface area contributed by atoms with Crippen molar-refractivity contribution in [2.24, 2.45) is 0 Å². The number of hydrogen-bond acceptors (Lipinski definition) is 2. The van der Waals surface area contributed by atoms with Crippen molar-refractivity contribution in [1.82, 2.24) is 4.98 Å². The maximum absolute atomic E-state index is 11.6. The third-order valence-corrected chi connectivity index (χ3v) is 3.74. The number of anilines is 1. The zero-order valence-corrected chi connectivity index (χ0v) is 10.0. The summed E-state index contributed by atoms with van der Waals surface area (Å²) in [6.07, 6.45) is 1.52. The molecule has 0 radical (unpaired) electrons. The summed E-state index contributed by atoms with van der Waals surface area (Å²) in [6, 6.07) is 0. The highest BCUT2D eigenvalue weighted by Gasteiger charge is 2.41. The molecule has 1 aromatic rings. The van der Waals surface area contributed by atoms with Crippen molar-refractivity contribution >= 4 is 39.3 Å². The van der Waals surface area contributed by atoms with Gasteiger partial charge in [-0.2, -0.15) is 0 Å². The lowest BCUT2D eigenvalue weighted by molar-refractivity contribution is -0.119. The van der Waals surface area contributed by atoms with Crippen LogP contribution in [-0.2, 0) is 10.2 Å². The molecule has 1 amide bonds. The van der Waals surface area contributed by atoms with E-state index in [0.717, 1.165) is 10.0 Å². The summed E-state index contributed by atoms with van der Waals surface area (Å²) in [5.41, 5.74) is 0.251. The minimum atomic E-state index is -0.577. The van der Waals surface area contributed by atoms with Crippen LogP contribution in [-0.4, -0.2) is 10.9 Å². The molecule has 0 fully saturated rings. The molecule has 2 rings (SSSR count). The Morgan fingerprint density at radius 1 is 1.57 bits per heavy atom. The first-order valence-electron chi connectivity index (χ1n) is 4.10. The number of amides is 1. The average Bonchev–Trinajstić information content (AvgIpc) is 2.32. The maximum Gasteiger partial charge on any atom is 0.235 e. The Morgan fingerprint density at radius 3 is 2.86 bits per heavy atom. The van der Waals surface area contributed by atoms with Gasteiger partial charge >= 0.3 is 0 Å². The van der Waals surface area contributed by atoms with Gasteiger partial charge < -0.3 is 5.32 Å². The summed E-state index contributed by atoms with van der Waals surface area (Å²) in [5, 5.41) is 3.24. The second kappa shape index (κ2) is 2.94. The Kier molecular flexibility index (Phi) is 2.08.